The van der Waals surface area contributed by atoms with Crippen molar-refractivity contribution in [2.24, 2.45) is 0 Å². The smallest absolute Gasteiger partial charge is 0.384 e. The number of benzene rings is 1. The highest BCUT2D eigenvalue weighted by molar-refractivity contribution is 7.92. The first-order valence-corrected chi connectivity index (χ1v) is 12.6. The SMILES string of the molecule is COCCc1sc(S(=O)(=O)NC(=O)Nc2cc(C(F)(F)F)cc(-c3ccc(C(F)(F)F)cc3)n2)cc1C. The molecule has 0 atom stereocenters. The van der Waals surface area contributed by atoms with Crippen LogP contribution < -0.4 is 10.0 Å². The molecular formula is C22H19F6N3O4S2. The minimum atomic E-state index is -4.89. The third kappa shape index (κ3) is 7.20. The van der Waals surface area contributed by atoms with Gasteiger partial charge in [0.05, 0.1) is 23.4 Å². The zero-order valence-corrected chi connectivity index (χ0v) is 20.8. The Morgan fingerprint density at radius 3 is 2.19 bits per heavy atom. The van der Waals surface area contributed by atoms with Gasteiger partial charge in [-0.1, -0.05) is 12.1 Å². The minimum Gasteiger partial charge on any atom is -0.384 e. The summed E-state index contributed by atoms with van der Waals surface area (Å²) in [5.74, 6) is -0.666. The lowest BCUT2D eigenvalue weighted by molar-refractivity contribution is -0.138. The first-order valence-electron chi connectivity index (χ1n) is 10.3. The molecule has 0 saturated heterocycles. The Labute approximate surface area is 211 Å². The number of urea groups is 1. The van der Waals surface area contributed by atoms with Crippen LogP contribution in [0, 0.1) is 6.92 Å². The molecule has 0 bridgehead atoms. The largest absolute Gasteiger partial charge is 0.416 e. The molecule has 0 aliphatic carbocycles. The van der Waals surface area contributed by atoms with E-state index in [4.69, 9.17) is 4.74 Å². The van der Waals surface area contributed by atoms with Crippen molar-refractivity contribution in [2.75, 3.05) is 19.0 Å². The van der Waals surface area contributed by atoms with Gasteiger partial charge in [0.1, 0.15) is 10.0 Å². The van der Waals surface area contributed by atoms with E-state index in [1.807, 2.05) is 5.32 Å². The molecule has 3 aromatic rings. The summed E-state index contributed by atoms with van der Waals surface area (Å²) >= 11 is 0.908. The van der Waals surface area contributed by atoms with E-state index in [1.54, 1.807) is 11.6 Å². The van der Waals surface area contributed by atoms with E-state index in [0.717, 1.165) is 23.5 Å². The van der Waals surface area contributed by atoms with Crippen LogP contribution in [0.3, 0.4) is 0 Å². The van der Waals surface area contributed by atoms with E-state index in [0.29, 0.717) is 47.7 Å². The number of halogens is 6. The molecule has 0 saturated carbocycles. The van der Waals surface area contributed by atoms with Crippen LogP contribution in [0.2, 0.25) is 0 Å². The third-order valence-corrected chi connectivity index (χ3v) is 8.03. The van der Waals surface area contributed by atoms with E-state index in [9.17, 15) is 39.6 Å². The maximum atomic E-state index is 13.4. The van der Waals surface area contributed by atoms with Crippen LogP contribution in [0.5, 0.6) is 0 Å². The van der Waals surface area contributed by atoms with Crippen LogP contribution in [0.25, 0.3) is 11.3 Å². The van der Waals surface area contributed by atoms with Crippen molar-refractivity contribution in [2.45, 2.75) is 29.9 Å². The maximum absolute atomic E-state index is 13.4. The second kappa shape index (κ2) is 10.7. The van der Waals surface area contributed by atoms with Crippen molar-refractivity contribution in [1.29, 1.82) is 0 Å². The fraction of sp³-hybridized carbons (Fsp3) is 0.273. The summed E-state index contributed by atoms with van der Waals surface area (Å²) in [5.41, 5.74) is -2.10. The van der Waals surface area contributed by atoms with Crippen molar-refractivity contribution in [3.63, 3.8) is 0 Å². The van der Waals surface area contributed by atoms with E-state index < -0.39 is 51.0 Å². The van der Waals surface area contributed by atoms with Gasteiger partial charge in [-0.25, -0.2) is 22.9 Å². The van der Waals surface area contributed by atoms with Crippen molar-refractivity contribution >= 4 is 33.2 Å². The van der Waals surface area contributed by atoms with Gasteiger partial charge in [0.2, 0.25) is 0 Å². The highest BCUT2D eigenvalue weighted by Crippen LogP contribution is 2.35. The van der Waals surface area contributed by atoms with Crippen molar-refractivity contribution < 1.29 is 44.3 Å². The number of hydrogen-bond acceptors (Lipinski definition) is 6. The molecule has 2 amide bonds. The standard InChI is InChI=1S/C22H19F6N3O4S2/c1-12-9-19(36-17(12)7-8-35-2)37(33,34)31-20(32)30-18-11-15(22(26,27)28)10-16(29-18)13-3-5-14(6-4-13)21(23,24)25/h3-6,9-11H,7-8H2,1-2H3,(H2,29,30,31,32). The molecule has 0 fully saturated rings. The Morgan fingerprint density at radius 1 is 1.00 bits per heavy atom. The van der Waals surface area contributed by atoms with Crippen molar-refractivity contribution in [1.82, 2.24) is 9.71 Å². The molecule has 0 unspecified atom stereocenters. The number of pyridine rings is 1. The first kappa shape index (κ1) is 28.4. The first-order chi connectivity index (χ1) is 17.1. The van der Waals surface area contributed by atoms with Crippen LogP contribution in [-0.2, 0) is 33.5 Å². The number of rotatable bonds is 7. The number of aryl methyl sites for hydroxylation is 1. The number of sulfonamides is 1. The highest BCUT2D eigenvalue weighted by Gasteiger charge is 2.33. The average Bonchev–Trinajstić information content (AvgIpc) is 3.17. The average molecular weight is 568 g/mol. The number of methoxy groups -OCH3 is 1. The summed E-state index contributed by atoms with van der Waals surface area (Å²) in [6.45, 7) is 2.02. The fourth-order valence-corrected chi connectivity index (χ4v) is 5.59. The summed E-state index contributed by atoms with van der Waals surface area (Å²) in [4.78, 5) is 16.9. The van der Waals surface area contributed by atoms with Gasteiger partial charge in [-0.15, -0.1) is 11.3 Å². The molecule has 37 heavy (non-hydrogen) atoms. The molecule has 15 heteroatoms. The number of alkyl halides is 6. The minimum absolute atomic E-state index is 0.0900. The van der Waals surface area contributed by atoms with E-state index in [-0.39, 0.29) is 9.77 Å². The number of aromatic nitrogens is 1. The maximum Gasteiger partial charge on any atom is 0.416 e. The molecule has 0 radical (unpaired) electrons. The zero-order chi connectivity index (χ0) is 27.6. The van der Waals surface area contributed by atoms with E-state index in [1.165, 1.54) is 13.2 Å². The summed E-state index contributed by atoms with van der Waals surface area (Å²) in [7, 11) is -2.88. The van der Waals surface area contributed by atoms with Crippen LogP contribution in [0.1, 0.15) is 21.6 Å². The number of carbonyl (C=O) groups is 1. The fourth-order valence-electron chi connectivity index (χ4n) is 3.11. The Kier molecular flexibility index (Phi) is 8.19. The lowest BCUT2D eigenvalue weighted by Gasteiger charge is -2.13. The molecule has 7 nitrogen and oxygen atoms in total. The molecule has 0 aliphatic rings. The summed E-state index contributed by atoms with van der Waals surface area (Å²) in [6, 6.07) is 4.24. The lowest BCUT2D eigenvalue weighted by atomic mass is 10.1. The number of hydrogen-bond donors (Lipinski definition) is 2. The summed E-state index contributed by atoms with van der Waals surface area (Å²) in [6.07, 6.45) is -9.10. The number of carbonyl (C=O) groups excluding carboxylic acids is 1. The Balaban J connectivity index is 1.86. The molecule has 0 spiro atoms. The van der Waals surface area contributed by atoms with E-state index >= 15 is 0 Å². The number of ether oxygens (including phenoxy) is 1. The van der Waals surface area contributed by atoms with Crippen LogP contribution in [-0.4, -0.2) is 33.1 Å². The summed E-state index contributed by atoms with van der Waals surface area (Å²) in [5, 5.41) is 1.95. The quantitative estimate of drug-likeness (QED) is 0.349. The van der Waals surface area contributed by atoms with Gasteiger partial charge in [0, 0.05) is 24.0 Å². The van der Waals surface area contributed by atoms with Crippen LogP contribution in [0.15, 0.2) is 46.7 Å². The van der Waals surface area contributed by atoms with Gasteiger partial charge in [0.15, 0.2) is 0 Å². The molecule has 2 aromatic heterocycles. The second-order valence-corrected chi connectivity index (χ2v) is 10.7. The van der Waals surface area contributed by atoms with Crippen molar-refractivity contribution in [3.8, 4) is 11.3 Å². The second-order valence-electron chi connectivity index (χ2n) is 7.67. The van der Waals surface area contributed by atoms with Gasteiger partial charge in [-0.3, -0.25) is 5.32 Å². The van der Waals surface area contributed by atoms with Crippen molar-refractivity contribution in [3.05, 3.63) is 64.0 Å². The zero-order valence-electron chi connectivity index (χ0n) is 19.1. The Hall–Kier alpha value is -3.17. The number of nitrogens with zero attached hydrogens (tertiary/aromatic N) is 1. The van der Waals surface area contributed by atoms with E-state index in [2.05, 4.69) is 4.98 Å². The number of amides is 2. The lowest BCUT2D eigenvalue weighted by Crippen LogP contribution is -2.34. The number of thiophene rings is 1. The molecule has 1 aromatic carbocycles. The molecule has 2 N–H and O–H groups in total. The number of anilines is 1. The van der Waals surface area contributed by atoms with Gasteiger partial charge in [-0.2, -0.15) is 26.3 Å². The molecule has 3 rings (SSSR count). The van der Waals surface area contributed by atoms with Crippen LogP contribution in [0.4, 0.5) is 37.0 Å². The van der Waals surface area contributed by atoms with Gasteiger partial charge in [-0.05, 0) is 42.8 Å². The molecule has 2 heterocycles. The predicted molar refractivity (Wildman–Crippen MR) is 124 cm³/mol. The Morgan fingerprint density at radius 2 is 1.62 bits per heavy atom. The molecular weight excluding hydrogens is 548 g/mol. The highest BCUT2D eigenvalue weighted by atomic mass is 32.2. The Bertz CT molecular complexity index is 1380. The normalized spacial score (nSPS) is 12.4. The monoisotopic (exact) mass is 567 g/mol. The molecule has 0 aliphatic heterocycles. The number of nitrogens with one attached hydrogen (secondary N) is 2. The predicted octanol–water partition coefficient (Wildman–Crippen LogP) is 5.86. The third-order valence-electron chi connectivity index (χ3n) is 4.93. The van der Waals surface area contributed by atoms with Gasteiger partial charge < -0.3 is 4.74 Å². The van der Waals surface area contributed by atoms with Gasteiger partial charge >= 0.3 is 18.4 Å². The summed E-state index contributed by atoms with van der Waals surface area (Å²) < 4.78 is 110. The van der Waals surface area contributed by atoms with Gasteiger partial charge in [0.25, 0.3) is 10.0 Å². The molecule has 200 valence electrons. The topological polar surface area (TPSA) is 97.4 Å². The van der Waals surface area contributed by atoms with Crippen LogP contribution >= 0.6 is 11.3 Å².